The van der Waals surface area contributed by atoms with Gasteiger partial charge in [0.15, 0.2) is 0 Å². The molecule has 0 aromatic heterocycles. The first-order valence-electron chi connectivity index (χ1n) is 6.16. The average molecular weight is 219 g/mol. The van der Waals surface area contributed by atoms with Crippen molar-refractivity contribution in [3.63, 3.8) is 0 Å². The number of ether oxygens (including phenoxy) is 1. The van der Waals surface area contributed by atoms with E-state index in [1.165, 1.54) is 31.5 Å². The van der Waals surface area contributed by atoms with Gasteiger partial charge in [0.2, 0.25) is 0 Å². The number of nitrogens with zero attached hydrogens (tertiary/aromatic N) is 1. The SMILES string of the molecule is COc1cccc(CCN2CCC[C@H]2C)c1. The fourth-order valence-electron chi connectivity index (χ4n) is 2.43. The molecule has 1 saturated heterocycles. The van der Waals surface area contributed by atoms with Crippen LogP contribution < -0.4 is 4.74 Å². The normalized spacial score (nSPS) is 21.2. The predicted octanol–water partition coefficient (Wildman–Crippen LogP) is 2.72. The zero-order valence-electron chi connectivity index (χ0n) is 10.3. The minimum atomic E-state index is 0.769. The van der Waals surface area contributed by atoms with Crippen LogP contribution in [0.5, 0.6) is 5.75 Å². The summed E-state index contributed by atoms with van der Waals surface area (Å²) in [7, 11) is 1.72. The number of benzene rings is 1. The monoisotopic (exact) mass is 219 g/mol. The van der Waals surface area contributed by atoms with Crippen molar-refractivity contribution in [2.45, 2.75) is 32.2 Å². The van der Waals surface area contributed by atoms with Crippen molar-refractivity contribution in [2.24, 2.45) is 0 Å². The van der Waals surface area contributed by atoms with Gasteiger partial charge in [-0.3, -0.25) is 0 Å². The van der Waals surface area contributed by atoms with E-state index < -0.39 is 0 Å². The second kappa shape index (κ2) is 5.35. The van der Waals surface area contributed by atoms with Crippen molar-refractivity contribution in [1.29, 1.82) is 0 Å². The summed E-state index contributed by atoms with van der Waals surface area (Å²) in [4.78, 5) is 2.58. The van der Waals surface area contributed by atoms with Gasteiger partial charge in [0.05, 0.1) is 7.11 Å². The van der Waals surface area contributed by atoms with Crippen LogP contribution >= 0.6 is 0 Å². The Balaban J connectivity index is 1.88. The molecule has 0 bridgehead atoms. The van der Waals surface area contributed by atoms with E-state index in [0.29, 0.717) is 0 Å². The summed E-state index contributed by atoms with van der Waals surface area (Å²) in [6, 6.07) is 9.17. The van der Waals surface area contributed by atoms with Gasteiger partial charge >= 0.3 is 0 Å². The van der Waals surface area contributed by atoms with Gasteiger partial charge in [-0.1, -0.05) is 12.1 Å². The Morgan fingerprint density at radius 2 is 2.31 bits per heavy atom. The Labute approximate surface area is 98.2 Å². The molecular weight excluding hydrogens is 198 g/mol. The average Bonchev–Trinajstić information content (AvgIpc) is 2.72. The number of likely N-dealkylation sites (tertiary alicyclic amines) is 1. The first-order valence-corrected chi connectivity index (χ1v) is 6.16. The van der Waals surface area contributed by atoms with Gasteiger partial charge in [0, 0.05) is 12.6 Å². The smallest absolute Gasteiger partial charge is 0.119 e. The Kier molecular flexibility index (Phi) is 3.83. The summed E-state index contributed by atoms with van der Waals surface area (Å²) in [6.07, 6.45) is 3.85. The van der Waals surface area contributed by atoms with Gasteiger partial charge in [-0.2, -0.15) is 0 Å². The molecule has 88 valence electrons. The molecule has 16 heavy (non-hydrogen) atoms. The maximum absolute atomic E-state index is 5.23. The molecule has 0 N–H and O–H groups in total. The molecule has 1 aliphatic heterocycles. The standard InChI is InChI=1S/C14H21NO/c1-12-5-4-9-15(12)10-8-13-6-3-7-14(11-13)16-2/h3,6-7,11-12H,4-5,8-10H2,1-2H3/t12-/m1/s1. The Morgan fingerprint density at radius 1 is 1.44 bits per heavy atom. The van der Waals surface area contributed by atoms with Crippen LogP contribution in [0.25, 0.3) is 0 Å². The fourth-order valence-corrected chi connectivity index (χ4v) is 2.43. The first-order chi connectivity index (χ1) is 7.79. The van der Waals surface area contributed by atoms with E-state index >= 15 is 0 Å². The van der Waals surface area contributed by atoms with Crippen molar-refractivity contribution >= 4 is 0 Å². The molecule has 0 amide bonds. The van der Waals surface area contributed by atoms with Crippen molar-refractivity contribution in [2.75, 3.05) is 20.2 Å². The van der Waals surface area contributed by atoms with Gasteiger partial charge in [-0.05, 0) is 50.4 Å². The van der Waals surface area contributed by atoms with Crippen LogP contribution in [0.3, 0.4) is 0 Å². The van der Waals surface area contributed by atoms with Gasteiger partial charge in [-0.25, -0.2) is 0 Å². The number of hydrogen-bond donors (Lipinski definition) is 0. The molecule has 0 unspecified atom stereocenters. The van der Waals surface area contributed by atoms with E-state index in [1.807, 2.05) is 6.07 Å². The molecule has 2 nitrogen and oxygen atoms in total. The van der Waals surface area contributed by atoms with Crippen LogP contribution in [0.2, 0.25) is 0 Å². The molecule has 1 aromatic carbocycles. The molecular formula is C14H21NO. The third kappa shape index (κ3) is 2.76. The lowest BCUT2D eigenvalue weighted by atomic mass is 10.1. The lowest BCUT2D eigenvalue weighted by molar-refractivity contribution is 0.272. The highest BCUT2D eigenvalue weighted by molar-refractivity contribution is 5.28. The molecule has 1 atom stereocenters. The fraction of sp³-hybridized carbons (Fsp3) is 0.571. The Bertz CT molecular complexity index is 337. The van der Waals surface area contributed by atoms with Gasteiger partial charge in [0.25, 0.3) is 0 Å². The Morgan fingerprint density at radius 3 is 3.00 bits per heavy atom. The number of methoxy groups -OCH3 is 1. The summed E-state index contributed by atoms with van der Waals surface area (Å²) in [6.45, 7) is 4.78. The quantitative estimate of drug-likeness (QED) is 0.772. The summed E-state index contributed by atoms with van der Waals surface area (Å²) in [5.41, 5.74) is 1.37. The van der Waals surface area contributed by atoms with E-state index in [1.54, 1.807) is 7.11 Å². The molecule has 2 rings (SSSR count). The Hall–Kier alpha value is -1.02. The largest absolute Gasteiger partial charge is 0.497 e. The van der Waals surface area contributed by atoms with E-state index in [2.05, 4.69) is 30.0 Å². The van der Waals surface area contributed by atoms with Crippen molar-refractivity contribution in [3.8, 4) is 5.75 Å². The van der Waals surface area contributed by atoms with Crippen molar-refractivity contribution in [1.82, 2.24) is 4.90 Å². The van der Waals surface area contributed by atoms with Crippen LogP contribution in [-0.4, -0.2) is 31.1 Å². The predicted molar refractivity (Wildman–Crippen MR) is 67.0 cm³/mol. The van der Waals surface area contributed by atoms with E-state index in [0.717, 1.165) is 18.2 Å². The maximum Gasteiger partial charge on any atom is 0.119 e. The minimum absolute atomic E-state index is 0.769. The lowest BCUT2D eigenvalue weighted by Gasteiger charge is -2.20. The highest BCUT2D eigenvalue weighted by atomic mass is 16.5. The maximum atomic E-state index is 5.23. The van der Waals surface area contributed by atoms with E-state index in [-0.39, 0.29) is 0 Å². The summed E-state index contributed by atoms with van der Waals surface area (Å²) >= 11 is 0. The van der Waals surface area contributed by atoms with Gasteiger partial charge in [-0.15, -0.1) is 0 Å². The first kappa shape index (κ1) is 11.5. The van der Waals surface area contributed by atoms with Crippen LogP contribution in [0.15, 0.2) is 24.3 Å². The third-order valence-electron chi connectivity index (χ3n) is 3.51. The highest BCUT2D eigenvalue weighted by Crippen LogP contribution is 2.18. The molecule has 1 aromatic rings. The third-order valence-corrected chi connectivity index (χ3v) is 3.51. The van der Waals surface area contributed by atoms with E-state index in [4.69, 9.17) is 4.74 Å². The lowest BCUT2D eigenvalue weighted by Crippen LogP contribution is -2.28. The van der Waals surface area contributed by atoms with Crippen LogP contribution in [0.4, 0.5) is 0 Å². The van der Waals surface area contributed by atoms with Crippen LogP contribution in [0.1, 0.15) is 25.3 Å². The summed E-state index contributed by atoms with van der Waals surface area (Å²) < 4.78 is 5.23. The summed E-state index contributed by atoms with van der Waals surface area (Å²) in [5, 5.41) is 0. The van der Waals surface area contributed by atoms with Crippen molar-refractivity contribution < 1.29 is 4.74 Å². The van der Waals surface area contributed by atoms with Gasteiger partial charge in [0.1, 0.15) is 5.75 Å². The number of hydrogen-bond acceptors (Lipinski definition) is 2. The molecule has 2 heteroatoms. The second-order valence-electron chi connectivity index (χ2n) is 4.63. The zero-order chi connectivity index (χ0) is 11.4. The molecule has 0 saturated carbocycles. The van der Waals surface area contributed by atoms with Crippen LogP contribution in [-0.2, 0) is 6.42 Å². The zero-order valence-corrected chi connectivity index (χ0v) is 10.3. The molecule has 1 aliphatic rings. The molecule has 0 spiro atoms. The second-order valence-corrected chi connectivity index (χ2v) is 4.63. The van der Waals surface area contributed by atoms with E-state index in [9.17, 15) is 0 Å². The molecule has 1 fully saturated rings. The topological polar surface area (TPSA) is 12.5 Å². The van der Waals surface area contributed by atoms with Crippen LogP contribution in [0, 0.1) is 0 Å². The molecule has 1 heterocycles. The number of rotatable bonds is 4. The minimum Gasteiger partial charge on any atom is -0.497 e. The molecule has 0 aliphatic carbocycles. The van der Waals surface area contributed by atoms with Crippen molar-refractivity contribution in [3.05, 3.63) is 29.8 Å². The molecule has 0 radical (unpaired) electrons. The highest BCUT2D eigenvalue weighted by Gasteiger charge is 2.19. The summed E-state index contributed by atoms with van der Waals surface area (Å²) in [5.74, 6) is 0.965. The van der Waals surface area contributed by atoms with Gasteiger partial charge < -0.3 is 9.64 Å².